The Bertz CT molecular complexity index is 1380. The summed E-state index contributed by atoms with van der Waals surface area (Å²) >= 11 is 0. The zero-order valence-corrected chi connectivity index (χ0v) is 17.9. The fourth-order valence-corrected chi connectivity index (χ4v) is 3.96. The predicted molar refractivity (Wildman–Crippen MR) is 123 cm³/mol. The first-order valence-corrected chi connectivity index (χ1v) is 10.5. The number of carboxylic acids is 1. The number of carbonyl (C=O) groups is 1. The number of anilines is 2. The number of nitrogens with zero attached hydrogens (tertiary/aromatic N) is 7. The van der Waals surface area contributed by atoms with Gasteiger partial charge < -0.3 is 14.9 Å². The smallest absolute Gasteiger partial charge is 0.335 e. The number of hydrogen-bond donors (Lipinski definition) is 1. The fraction of sp³-hybridized carbons (Fsp3) is 0.217. The van der Waals surface area contributed by atoms with Crippen LogP contribution in [0.2, 0.25) is 0 Å². The summed E-state index contributed by atoms with van der Waals surface area (Å²) in [5.74, 6) is 0.230. The number of fused-ring (bicyclic) bond motifs is 1. The fourth-order valence-electron chi connectivity index (χ4n) is 3.96. The first kappa shape index (κ1) is 20.6. The summed E-state index contributed by atoms with van der Waals surface area (Å²) in [6, 6.07) is 11.2. The van der Waals surface area contributed by atoms with Crippen molar-refractivity contribution >= 4 is 28.9 Å². The van der Waals surface area contributed by atoms with Crippen LogP contribution in [0.5, 0.6) is 0 Å². The number of benzene rings is 1. The van der Waals surface area contributed by atoms with Crippen molar-refractivity contribution in [3.05, 3.63) is 76.5 Å². The Morgan fingerprint density at radius 2 is 1.52 bits per heavy atom. The van der Waals surface area contributed by atoms with E-state index in [4.69, 9.17) is 9.97 Å². The van der Waals surface area contributed by atoms with E-state index >= 15 is 0 Å². The van der Waals surface area contributed by atoms with Crippen molar-refractivity contribution in [2.45, 2.75) is 6.92 Å². The molecule has 1 aliphatic rings. The number of pyridine rings is 1. The number of aromatic carboxylic acids is 1. The Kier molecular flexibility index (Phi) is 5.17. The van der Waals surface area contributed by atoms with Gasteiger partial charge in [0.25, 0.3) is 5.56 Å². The van der Waals surface area contributed by atoms with Crippen LogP contribution in [-0.2, 0) is 0 Å². The third-order valence-electron chi connectivity index (χ3n) is 5.70. The van der Waals surface area contributed by atoms with Crippen molar-refractivity contribution in [1.29, 1.82) is 0 Å². The summed E-state index contributed by atoms with van der Waals surface area (Å²) in [7, 11) is 0. The van der Waals surface area contributed by atoms with E-state index in [0.29, 0.717) is 36.3 Å². The lowest BCUT2D eigenvalue weighted by molar-refractivity contribution is 0.0697. The standard InChI is InChI=1S/C23H21N7O3/c1-15-18-7-8-19(31)30(17-5-3-16(4-6-17)21(32)33)20(18)27-23(26-15)29-13-11-28(12-14-29)22-24-9-2-10-25-22/h2-10H,11-14H2,1H3,(H,32,33). The topological polar surface area (TPSA) is 117 Å². The number of aromatic nitrogens is 5. The number of piperazine rings is 1. The Labute approximate surface area is 188 Å². The molecule has 10 heteroatoms. The lowest BCUT2D eigenvalue weighted by Gasteiger charge is -2.34. The van der Waals surface area contributed by atoms with Crippen molar-refractivity contribution in [2.75, 3.05) is 36.0 Å². The largest absolute Gasteiger partial charge is 0.478 e. The molecule has 0 atom stereocenters. The number of carboxylic acid groups (broad SMARTS) is 1. The Hall–Kier alpha value is -4.34. The highest BCUT2D eigenvalue weighted by Gasteiger charge is 2.22. The molecule has 1 N–H and O–H groups in total. The molecule has 0 amide bonds. The molecular weight excluding hydrogens is 422 g/mol. The molecule has 1 saturated heterocycles. The summed E-state index contributed by atoms with van der Waals surface area (Å²) in [5.41, 5.74) is 1.70. The van der Waals surface area contributed by atoms with Gasteiger partial charge in [-0.05, 0) is 43.3 Å². The van der Waals surface area contributed by atoms with Crippen LogP contribution in [0.4, 0.5) is 11.9 Å². The number of rotatable bonds is 4. The normalized spacial score (nSPS) is 14.0. The maximum absolute atomic E-state index is 12.8. The molecule has 166 valence electrons. The van der Waals surface area contributed by atoms with Crippen molar-refractivity contribution in [3.63, 3.8) is 0 Å². The van der Waals surface area contributed by atoms with Gasteiger partial charge in [-0.1, -0.05) is 0 Å². The summed E-state index contributed by atoms with van der Waals surface area (Å²) < 4.78 is 1.49. The molecule has 4 heterocycles. The van der Waals surface area contributed by atoms with Gasteiger partial charge in [0.1, 0.15) is 0 Å². The van der Waals surface area contributed by atoms with Gasteiger partial charge in [-0.15, -0.1) is 0 Å². The van der Waals surface area contributed by atoms with Crippen molar-refractivity contribution < 1.29 is 9.90 Å². The van der Waals surface area contributed by atoms with E-state index in [1.807, 2.05) is 6.92 Å². The predicted octanol–water partition coefficient (Wildman–Crippen LogP) is 1.90. The molecule has 33 heavy (non-hydrogen) atoms. The van der Waals surface area contributed by atoms with E-state index in [0.717, 1.165) is 24.2 Å². The van der Waals surface area contributed by atoms with E-state index in [2.05, 4.69) is 19.8 Å². The average molecular weight is 443 g/mol. The van der Waals surface area contributed by atoms with Crippen LogP contribution in [0.25, 0.3) is 16.7 Å². The summed E-state index contributed by atoms with van der Waals surface area (Å²) in [5, 5.41) is 9.94. The van der Waals surface area contributed by atoms with Gasteiger partial charge in [0, 0.05) is 50.0 Å². The molecule has 0 aliphatic carbocycles. The highest BCUT2D eigenvalue weighted by molar-refractivity contribution is 5.88. The lowest BCUT2D eigenvalue weighted by atomic mass is 10.2. The van der Waals surface area contributed by atoms with E-state index < -0.39 is 5.97 Å². The molecule has 0 spiro atoms. The lowest BCUT2D eigenvalue weighted by Crippen LogP contribution is -2.47. The molecule has 0 radical (unpaired) electrons. The van der Waals surface area contributed by atoms with E-state index in [1.54, 1.807) is 36.7 Å². The molecule has 5 rings (SSSR count). The maximum atomic E-state index is 12.8. The number of aryl methyl sites for hydroxylation is 1. The molecule has 3 aromatic heterocycles. The molecular formula is C23H21N7O3. The van der Waals surface area contributed by atoms with Crippen molar-refractivity contribution in [3.8, 4) is 5.69 Å². The van der Waals surface area contributed by atoms with Gasteiger partial charge in [0.2, 0.25) is 11.9 Å². The molecule has 4 aromatic rings. The van der Waals surface area contributed by atoms with E-state index in [1.165, 1.54) is 22.8 Å². The SMILES string of the molecule is Cc1nc(N2CCN(c3ncccn3)CC2)nc2c1ccc(=O)n2-c1ccc(C(=O)O)cc1. The first-order valence-electron chi connectivity index (χ1n) is 10.5. The molecule has 1 aromatic carbocycles. The number of hydrogen-bond acceptors (Lipinski definition) is 8. The molecule has 0 bridgehead atoms. The van der Waals surface area contributed by atoms with Crippen LogP contribution in [-0.4, -0.2) is 61.8 Å². The maximum Gasteiger partial charge on any atom is 0.335 e. The Morgan fingerprint density at radius 3 is 2.15 bits per heavy atom. The van der Waals surface area contributed by atoms with Gasteiger partial charge in [0.05, 0.1) is 16.9 Å². The summed E-state index contributed by atoms with van der Waals surface area (Å²) in [6.07, 6.45) is 3.46. The third kappa shape index (κ3) is 3.86. The highest BCUT2D eigenvalue weighted by Crippen LogP contribution is 2.22. The van der Waals surface area contributed by atoms with Crippen LogP contribution < -0.4 is 15.4 Å². The summed E-state index contributed by atoms with van der Waals surface area (Å²) in [6.45, 7) is 4.72. The van der Waals surface area contributed by atoms with Crippen LogP contribution in [0.15, 0.2) is 59.7 Å². The zero-order chi connectivity index (χ0) is 22.9. The molecule has 1 aliphatic heterocycles. The van der Waals surface area contributed by atoms with Crippen LogP contribution >= 0.6 is 0 Å². The van der Waals surface area contributed by atoms with Gasteiger partial charge in [-0.25, -0.2) is 19.7 Å². The van der Waals surface area contributed by atoms with Crippen molar-refractivity contribution in [2.24, 2.45) is 0 Å². The van der Waals surface area contributed by atoms with Gasteiger partial charge >= 0.3 is 5.97 Å². The van der Waals surface area contributed by atoms with Crippen LogP contribution in [0.1, 0.15) is 16.1 Å². The van der Waals surface area contributed by atoms with Gasteiger partial charge in [0.15, 0.2) is 5.65 Å². The molecule has 10 nitrogen and oxygen atoms in total. The first-order chi connectivity index (χ1) is 16.0. The molecule has 0 saturated carbocycles. The minimum atomic E-state index is -1.02. The Morgan fingerprint density at radius 1 is 0.879 bits per heavy atom. The second kappa shape index (κ2) is 8.30. The van der Waals surface area contributed by atoms with Crippen LogP contribution in [0, 0.1) is 6.92 Å². The second-order valence-electron chi connectivity index (χ2n) is 7.73. The van der Waals surface area contributed by atoms with Gasteiger partial charge in [-0.3, -0.25) is 9.36 Å². The minimum absolute atomic E-state index is 0.152. The molecule has 1 fully saturated rings. The van der Waals surface area contributed by atoms with E-state index in [-0.39, 0.29) is 11.1 Å². The quantitative estimate of drug-likeness (QED) is 0.505. The van der Waals surface area contributed by atoms with Gasteiger partial charge in [-0.2, -0.15) is 4.98 Å². The monoisotopic (exact) mass is 443 g/mol. The highest BCUT2D eigenvalue weighted by atomic mass is 16.4. The molecule has 0 unspecified atom stereocenters. The average Bonchev–Trinajstić information content (AvgIpc) is 2.84. The van der Waals surface area contributed by atoms with E-state index in [9.17, 15) is 14.7 Å². The second-order valence-corrected chi connectivity index (χ2v) is 7.73. The third-order valence-corrected chi connectivity index (χ3v) is 5.70. The van der Waals surface area contributed by atoms with Crippen molar-refractivity contribution in [1.82, 2.24) is 24.5 Å². The zero-order valence-electron chi connectivity index (χ0n) is 17.9. The summed E-state index contributed by atoms with van der Waals surface area (Å²) in [4.78, 5) is 46.3. The minimum Gasteiger partial charge on any atom is -0.478 e. The Balaban J connectivity index is 1.51. The van der Waals surface area contributed by atoms with Crippen LogP contribution in [0.3, 0.4) is 0 Å².